The van der Waals surface area contributed by atoms with Gasteiger partial charge in [0.1, 0.15) is 5.82 Å². The number of benzene rings is 1. The number of nitrogens with zero attached hydrogens (tertiary/aromatic N) is 1. The molecule has 1 aromatic carbocycles. The van der Waals surface area contributed by atoms with E-state index >= 15 is 0 Å². The molecule has 114 valence electrons. The summed E-state index contributed by atoms with van der Waals surface area (Å²) in [5.74, 6) is -0.718. The van der Waals surface area contributed by atoms with E-state index in [0.717, 1.165) is 25.3 Å². The van der Waals surface area contributed by atoms with E-state index in [2.05, 4.69) is 13.0 Å². The summed E-state index contributed by atoms with van der Waals surface area (Å²) in [5, 5.41) is 8.54. The number of rotatable bonds is 4. The normalized spacial score (nSPS) is 26.2. The minimum Gasteiger partial charge on any atom is -0.223 e. The van der Waals surface area contributed by atoms with Gasteiger partial charge in [-0.2, -0.15) is 5.26 Å². The lowest BCUT2D eigenvalue weighted by atomic mass is 9.80. The van der Waals surface area contributed by atoms with Gasteiger partial charge in [0.05, 0.1) is 22.1 Å². The van der Waals surface area contributed by atoms with Gasteiger partial charge in [0, 0.05) is 0 Å². The molecule has 21 heavy (non-hydrogen) atoms. The molecule has 1 fully saturated rings. The minimum atomic E-state index is -3.66. The van der Waals surface area contributed by atoms with Crippen LogP contribution >= 0.6 is 0 Å². The van der Waals surface area contributed by atoms with E-state index in [1.54, 1.807) is 0 Å². The summed E-state index contributed by atoms with van der Waals surface area (Å²) in [5.41, 5.74) is 0. The van der Waals surface area contributed by atoms with Crippen molar-refractivity contribution in [1.82, 2.24) is 0 Å². The maximum Gasteiger partial charge on any atom is 0.182 e. The molecule has 0 amide bonds. The molecule has 1 aliphatic rings. The van der Waals surface area contributed by atoms with Crippen molar-refractivity contribution in [3.63, 3.8) is 0 Å². The summed E-state index contributed by atoms with van der Waals surface area (Å²) in [6.45, 7) is 2.08. The Morgan fingerprint density at radius 1 is 1.38 bits per heavy atom. The molecule has 1 aliphatic carbocycles. The molecule has 2 rings (SSSR count). The number of hydrogen-bond donors (Lipinski definition) is 0. The van der Waals surface area contributed by atoms with Gasteiger partial charge in [-0.1, -0.05) is 25.8 Å². The van der Waals surface area contributed by atoms with Crippen LogP contribution in [0.3, 0.4) is 0 Å². The Labute approximate surface area is 125 Å². The summed E-state index contributed by atoms with van der Waals surface area (Å²) in [6, 6.07) is 7.22. The first-order chi connectivity index (χ1) is 9.98. The van der Waals surface area contributed by atoms with Gasteiger partial charge in [-0.15, -0.1) is 0 Å². The van der Waals surface area contributed by atoms with Crippen LogP contribution in [-0.2, 0) is 9.84 Å². The lowest BCUT2D eigenvalue weighted by molar-refractivity contribution is 0.298. The Hall–Kier alpha value is -1.41. The molecule has 0 N–H and O–H groups in total. The fourth-order valence-corrected chi connectivity index (χ4v) is 5.24. The van der Waals surface area contributed by atoms with Crippen LogP contribution in [0.15, 0.2) is 29.2 Å². The molecule has 3 atom stereocenters. The molecule has 0 radical (unpaired) electrons. The van der Waals surface area contributed by atoms with Crippen LogP contribution in [0.25, 0.3) is 0 Å². The molecule has 3 nitrogen and oxygen atoms in total. The summed E-state index contributed by atoms with van der Waals surface area (Å²) < 4.78 is 38.8. The molecule has 0 saturated heterocycles. The zero-order chi connectivity index (χ0) is 15.5. The van der Waals surface area contributed by atoms with Crippen molar-refractivity contribution in [3.8, 4) is 6.07 Å². The van der Waals surface area contributed by atoms with Gasteiger partial charge in [-0.05, 0) is 43.4 Å². The van der Waals surface area contributed by atoms with Crippen LogP contribution in [0.1, 0.15) is 39.0 Å². The third kappa shape index (κ3) is 3.44. The Kier molecular flexibility index (Phi) is 5.00. The number of halogens is 1. The van der Waals surface area contributed by atoms with E-state index in [9.17, 15) is 18.1 Å². The Morgan fingerprint density at radius 3 is 2.76 bits per heavy atom. The fourth-order valence-electron chi connectivity index (χ4n) is 3.19. The zero-order valence-electron chi connectivity index (χ0n) is 12.1. The summed E-state index contributed by atoms with van der Waals surface area (Å²) >= 11 is 0. The van der Waals surface area contributed by atoms with Crippen molar-refractivity contribution in [2.75, 3.05) is 0 Å². The first-order valence-corrected chi connectivity index (χ1v) is 8.92. The van der Waals surface area contributed by atoms with Gasteiger partial charge in [0.2, 0.25) is 0 Å². The van der Waals surface area contributed by atoms with Gasteiger partial charge in [0.15, 0.2) is 9.84 Å². The van der Waals surface area contributed by atoms with Gasteiger partial charge < -0.3 is 0 Å². The van der Waals surface area contributed by atoms with Crippen LogP contribution in [0.4, 0.5) is 4.39 Å². The van der Waals surface area contributed by atoms with Crippen LogP contribution in [0, 0.1) is 29.0 Å². The van der Waals surface area contributed by atoms with E-state index in [4.69, 9.17) is 0 Å². The molecule has 0 aliphatic heterocycles. The van der Waals surface area contributed by atoms with Crippen molar-refractivity contribution >= 4 is 9.84 Å². The van der Waals surface area contributed by atoms with E-state index in [1.165, 1.54) is 18.2 Å². The lowest BCUT2D eigenvalue weighted by Gasteiger charge is -2.32. The maximum absolute atomic E-state index is 13.3. The van der Waals surface area contributed by atoms with Crippen LogP contribution in [0.2, 0.25) is 0 Å². The highest BCUT2D eigenvalue weighted by Crippen LogP contribution is 2.37. The third-order valence-corrected chi connectivity index (χ3v) is 6.52. The highest BCUT2D eigenvalue weighted by molar-refractivity contribution is 7.92. The monoisotopic (exact) mass is 309 g/mol. The van der Waals surface area contributed by atoms with E-state index < -0.39 is 26.8 Å². The summed E-state index contributed by atoms with van der Waals surface area (Å²) in [4.78, 5) is -0.00935. The van der Waals surface area contributed by atoms with Crippen molar-refractivity contribution in [3.05, 3.63) is 30.1 Å². The van der Waals surface area contributed by atoms with Gasteiger partial charge in [0.25, 0.3) is 0 Å². The SMILES string of the molecule is CCCC1CCC(C#N)C(S(=O)(=O)c2cccc(F)c2)C1. The largest absolute Gasteiger partial charge is 0.223 e. The molecule has 3 unspecified atom stereocenters. The second kappa shape index (κ2) is 6.57. The topological polar surface area (TPSA) is 57.9 Å². The van der Waals surface area contributed by atoms with E-state index in [-0.39, 0.29) is 4.90 Å². The van der Waals surface area contributed by atoms with Crippen molar-refractivity contribution in [2.24, 2.45) is 11.8 Å². The zero-order valence-corrected chi connectivity index (χ0v) is 12.9. The smallest absolute Gasteiger partial charge is 0.182 e. The number of hydrogen-bond acceptors (Lipinski definition) is 3. The number of sulfone groups is 1. The van der Waals surface area contributed by atoms with Crippen molar-refractivity contribution < 1.29 is 12.8 Å². The first kappa shape index (κ1) is 16.0. The summed E-state index contributed by atoms with van der Waals surface area (Å²) in [6.07, 6.45) is 4.01. The molecule has 0 bridgehead atoms. The molecular weight excluding hydrogens is 289 g/mol. The van der Waals surface area contributed by atoms with Gasteiger partial charge in [-0.25, -0.2) is 12.8 Å². The highest BCUT2D eigenvalue weighted by Gasteiger charge is 2.39. The molecule has 5 heteroatoms. The van der Waals surface area contributed by atoms with E-state index in [0.29, 0.717) is 18.8 Å². The van der Waals surface area contributed by atoms with Crippen molar-refractivity contribution in [2.45, 2.75) is 49.2 Å². The molecule has 1 saturated carbocycles. The van der Waals surface area contributed by atoms with Gasteiger partial charge in [-0.3, -0.25) is 0 Å². The average Bonchev–Trinajstić information content (AvgIpc) is 2.47. The Bertz CT molecular complexity index is 636. The second-order valence-electron chi connectivity index (χ2n) is 5.74. The Balaban J connectivity index is 2.33. The molecule has 0 aromatic heterocycles. The fraction of sp³-hybridized carbons (Fsp3) is 0.562. The van der Waals surface area contributed by atoms with E-state index in [1.807, 2.05) is 0 Å². The Morgan fingerprint density at radius 2 is 2.14 bits per heavy atom. The molecule has 0 spiro atoms. The highest BCUT2D eigenvalue weighted by atomic mass is 32.2. The standard InChI is InChI=1S/C16H20FNO2S/c1-2-4-12-7-8-13(11-18)16(9-12)21(19,20)15-6-3-5-14(17)10-15/h3,5-6,10,12-13,16H,2,4,7-9H2,1H3. The maximum atomic E-state index is 13.3. The average molecular weight is 309 g/mol. The predicted molar refractivity (Wildman–Crippen MR) is 78.7 cm³/mol. The third-order valence-electron chi connectivity index (χ3n) is 4.29. The first-order valence-electron chi connectivity index (χ1n) is 7.38. The molecule has 0 heterocycles. The lowest BCUT2D eigenvalue weighted by Crippen LogP contribution is -2.35. The molecule has 1 aromatic rings. The quantitative estimate of drug-likeness (QED) is 0.852. The van der Waals surface area contributed by atoms with Gasteiger partial charge >= 0.3 is 0 Å². The van der Waals surface area contributed by atoms with Crippen LogP contribution < -0.4 is 0 Å². The minimum absolute atomic E-state index is 0.00935. The second-order valence-corrected chi connectivity index (χ2v) is 7.91. The number of nitriles is 1. The van der Waals surface area contributed by atoms with Crippen LogP contribution in [0.5, 0.6) is 0 Å². The predicted octanol–water partition coefficient (Wildman–Crippen LogP) is 3.71. The van der Waals surface area contributed by atoms with Crippen LogP contribution in [-0.4, -0.2) is 13.7 Å². The van der Waals surface area contributed by atoms with Crippen molar-refractivity contribution in [1.29, 1.82) is 5.26 Å². The molecular formula is C16H20FNO2S. The summed E-state index contributed by atoms with van der Waals surface area (Å²) in [7, 11) is -3.66.